The summed E-state index contributed by atoms with van der Waals surface area (Å²) < 4.78 is 12.0. The maximum Gasteiger partial charge on any atom is 0.326 e. The number of aliphatic carboxylic acids is 2. The summed E-state index contributed by atoms with van der Waals surface area (Å²) >= 11 is 0. The second-order valence-electron chi connectivity index (χ2n) is 8.96. The van der Waals surface area contributed by atoms with Gasteiger partial charge in [-0.25, -0.2) is 9.59 Å². The number of halogens is 1. The van der Waals surface area contributed by atoms with Gasteiger partial charge in [-0.2, -0.15) is 9.37 Å². The van der Waals surface area contributed by atoms with Crippen LogP contribution in [-0.2, 0) is 14.4 Å². The average molecular weight is 604 g/mol. The number of H-pyrrole nitrogens is 3. The van der Waals surface area contributed by atoms with Crippen LogP contribution in [-0.4, -0.2) is 79.5 Å². The minimum absolute atomic E-state index is 0.0128. The zero-order valence-corrected chi connectivity index (χ0v) is 22.0. The smallest absolute Gasteiger partial charge is 0.326 e. The van der Waals surface area contributed by atoms with Crippen LogP contribution < -0.4 is 43.8 Å². The lowest BCUT2D eigenvalue weighted by Gasteiger charge is -2.27. The topological polar surface area (TPSA) is 294 Å². The molecule has 4 rings (SSSR count). The lowest BCUT2D eigenvalue weighted by Crippen LogP contribution is -2.43. The molecule has 1 amide bonds. The molecular formula is C24H26FN9O9. The molecule has 43 heavy (non-hydrogen) atoms. The van der Waals surface area contributed by atoms with Gasteiger partial charge in [-0.05, 0) is 30.7 Å². The Bertz CT molecular complexity index is 1670. The number of hydrogen-bond acceptors (Lipinski definition) is 12. The first kappa shape index (κ1) is 31.5. The Morgan fingerprint density at radius 1 is 1.09 bits per heavy atom. The van der Waals surface area contributed by atoms with Crippen molar-refractivity contribution in [2.75, 3.05) is 34.8 Å². The monoisotopic (exact) mass is 603 g/mol. The summed E-state index contributed by atoms with van der Waals surface area (Å²) in [5.74, 6) is -5.81. The Kier molecular flexibility index (Phi) is 10.3. The number of aromatic amines is 3. The number of anilines is 4. The highest BCUT2D eigenvalue weighted by atomic mass is 19.1. The number of rotatable bonds is 10. The van der Waals surface area contributed by atoms with Gasteiger partial charge in [0.1, 0.15) is 23.9 Å². The predicted octanol–water partition coefficient (Wildman–Crippen LogP) is -1.65. The van der Waals surface area contributed by atoms with E-state index in [0.29, 0.717) is 30.8 Å². The number of carboxylic acid groups (broad SMARTS) is 2. The summed E-state index contributed by atoms with van der Waals surface area (Å²) in [6, 6.07) is 4.44. The number of carbonyl (C=O) groups is 4. The lowest BCUT2D eigenvalue weighted by atomic mass is 10.0. The van der Waals surface area contributed by atoms with E-state index >= 15 is 0 Å². The third-order valence-electron chi connectivity index (χ3n) is 5.85. The number of nitrogen functional groups attached to an aromatic ring is 1. The number of hydrogen-bond donors (Lipinski definition) is 10. The number of amides is 1. The Balaban J connectivity index is 0.000000480. The van der Waals surface area contributed by atoms with Crippen molar-refractivity contribution in [3.05, 3.63) is 73.0 Å². The standard InChI is InChI=1S/C20H23N7O7.C4H3FN2O2/c21-20-26-15-14(17(30)27-20)24-12(7-23-15)6-22-11-3-1-9(2-4-11)16(29)25-13(19(33)34)5-10(8-28)18(31)32;5-2-1-6-4(9)7-3(2)8/h1-4,8,10,12-13,22,24H,5-7H2,(H,25,29)(H,31,32)(H,33,34)(H4,21,23,26,27,30);1H,(H2,6,7,8,9). The van der Waals surface area contributed by atoms with E-state index in [4.69, 9.17) is 10.8 Å². The molecule has 0 fully saturated rings. The Labute approximate surface area is 238 Å². The summed E-state index contributed by atoms with van der Waals surface area (Å²) in [4.78, 5) is 88.0. The van der Waals surface area contributed by atoms with Crippen LogP contribution in [0.3, 0.4) is 0 Å². The van der Waals surface area contributed by atoms with Gasteiger partial charge in [0.05, 0.1) is 6.04 Å². The van der Waals surface area contributed by atoms with Crippen LogP contribution >= 0.6 is 0 Å². The van der Waals surface area contributed by atoms with E-state index in [0.717, 1.165) is 0 Å². The number of aldehydes is 1. The molecule has 3 heterocycles. The number of nitrogens with one attached hydrogen (secondary N) is 7. The lowest BCUT2D eigenvalue weighted by molar-refractivity contribution is -0.145. The van der Waals surface area contributed by atoms with Crippen LogP contribution in [0.25, 0.3) is 0 Å². The molecule has 2 aromatic heterocycles. The van der Waals surface area contributed by atoms with E-state index in [1.807, 2.05) is 4.98 Å². The maximum atomic E-state index is 12.4. The zero-order valence-electron chi connectivity index (χ0n) is 22.0. The largest absolute Gasteiger partial charge is 0.481 e. The summed E-state index contributed by atoms with van der Waals surface area (Å²) in [7, 11) is 0. The molecule has 228 valence electrons. The molecule has 18 nitrogen and oxygen atoms in total. The van der Waals surface area contributed by atoms with Crippen molar-refractivity contribution < 1.29 is 33.8 Å². The van der Waals surface area contributed by atoms with Gasteiger partial charge in [0.2, 0.25) is 11.8 Å². The van der Waals surface area contributed by atoms with Crippen molar-refractivity contribution in [3.8, 4) is 0 Å². The van der Waals surface area contributed by atoms with Crippen LogP contribution in [0.1, 0.15) is 16.8 Å². The molecule has 3 atom stereocenters. The summed E-state index contributed by atoms with van der Waals surface area (Å²) in [6.45, 7) is 0.899. The fourth-order valence-corrected chi connectivity index (χ4v) is 3.66. The van der Waals surface area contributed by atoms with Crippen molar-refractivity contribution in [2.45, 2.75) is 18.5 Å². The van der Waals surface area contributed by atoms with Gasteiger partial charge in [0.15, 0.2) is 5.82 Å². The van der Waals surface area contributed by atoms with Gasteiger partial charge in [0, 0.05) is 30.5 Å². The minimum Gasteiger partial charge on any atom is -0.481 e. The fourth-order valence-electron chi connectivity index (χ4n) is 3.66. The quantitative estimate of drug-likeness (QED) is 0.0917. The second-order valence-corrected chi connectivity index (χ2v) is 8.96. The molecule has 0 spiro atoms. The van der Waals surface area contributed by atoms with Crippen molar-refractivity contribution in [1.82, 2.24) is 25.3 Å². The summed E-state index contributed by atoms with van der Waals surface area (Å²) in [6.07, 6.45) is 0.263. The van der Waals surface area contributed by atoms with E-state index in [1.54, 1.807) is 17.1 Å². The highest BCUT2D eigenvalue weighted by Gasteiger charge is 2.28. The number of carboxylic acids is 2. The van der Waals surface area contributed by atoms with Crippen LogP contribution in [0.4, 0.5) is 27.5 Å². The van der Waals surface area contributed by atoms with Gasteiger partial charge in [-0.15, -0.1) is 0 Å². The molecule has 11 N–H and O–H groups in total. The first-order valence-electron chi connectivity index (χ1n) is 12.3. The third-order valence-corrected chi connectivity index (χ3v) is 5.85. The molecule has 0 saturated heterocycles. The maximum absolute atomic E-state index is 12.4. The van der Waals surface area contributed by atoms with Crippen molar-refractivity contribution >= 4 is 47.3 Å². The number of benzene rings is 1. The molecule has 0 radical (unpaired) electrons. The molecule has 1 aliphatic heterocycles. The number of nitrogens with zero attached hydrogens (tertiary/aromatic N) is 1. The highest BCUT2D eigenvalue weighted by molar-refractivity contribution is 5.97. The van der Waals surface area contributed by atoms with Crippen molar-refractivity contribution in [3.63, 3.8) is 0 Å². The molecule has 0 aliphatic carbocycles. The van der Waals surface area contributed by atoms with E-state index in [2.05, 4.69) is 31.2 Å². The first-order chi connectivity index (χ1) is 20.4. The molecule has 0 saturated carbocycles. The van der Waals surface area contributed by atoms with Crippen LogP contribution in [0, 0.1) is 11.7 Å². The zero-order chi connectivity index (χ0) is 31.7. The fraction of sp³-hybridized carbons (Fsp3) is 0.250. The van der Waals surface area contributed by atoms with Gasteiger partial charge in [-0.1, -0.05) is 0 Å². The highest BCUT2D eigenvalue weighted by Crippen LogP contribution is 2.20. The number of nitrogens with two attached hydrogens (primary N) is 1. The molecule has 19 heteroatoms. The van der Waals surface area contributed by atoms with Crippen LogP contribution in [0.5, 0.6) is 0 Å². The Hall–Kier alpha value is -6.01. The number of aromatic nitrogens is 4. The van der Waals surface area contributed by atoms with Crippen molar-refractivity contribution in [1.29, 1.82) is 0 Å². The molecule has 3 aromatic rings. The van der Waals surface area contributed by atoms with Crippen LogP contribution in [0.2, 0.25) is 0 Å². The second kappa shape index (κ2) is 14.1. The van der Waals surface area contributed by atoms with Gasteiger partial charge < -0.3 is 47.0 Å². The molecular weight excluding hydrogens is 577 g/mol. The first-order valence-corrected chi connectivity index (χ1v) is 12.3. The van der Waals surface area contributed by atoms with E-state index in [1.165, 1.54) is 12.1 Å². The molecule has 1 aromatic carbocycles. The summed E-state index contributed by atoms with van der Waals surface area (Å²) in [5.41, 5.74) is 4.52. The normalized spacial score (nSPS) is 14.7. The number of carbonyl (C=O) groups excluding carboxylic acids is 2. The van der Waals surface area contributed by atoms with E-state index in [9.17, 15) is 43.1 Å². The van der Waals surface area contributed by atoms with Gasteiger partial charge in [0.25, 0.3) is 17.0 Å². The minimum atomic E-state index is -1.55. The average Bonchev–Trinajstić information content (AvgIpc) is 2.96. The third kappa shape index (κ3) is 8.74. The number of fused-ring (bicyclic) bond motifs is 1. The molecule has 1 aliphatic rings. The van der Waals surface area contributed by atoms with E-state index in [-0.39, 0.29) is 29.5 Å². The Morgan fingerprint density at radius 2 is 1.79 bits per heavy atom. The van der Waals surface area contributed by atoms with Crippen LogP contribution in [0.15, 0.2) is 44.8 Å². The Morgan fingerprint density at radius 3 is 2.37 bits per heavy atom. The van der Waals surface area contributed by atoms with Crippen molar-refractivity contribution in [2.24, 2.45) is 5.92 Å². The van der Waals surface area contributed by atoms with Gasteiger partial charge >= 0.3 is 17.6 Å². The summed E-state index contributed by atoms with van der Waals surface area (Å²) in [5, 5.41) is 29.7. The van der Waals surface area contributed by atoms with E-state index < -0.39 is 58.9 Å². The SMILES string of the molecule is Nc1nc2c(c(=O)[nH]1)NC(CNc1ccc(C(=O)NC(CC(C=O)C(=O)O)C(=O)O)cc1)CN2.O=c1[nH]cc(F)c(=O)[nH]1. The predicted molar refractivity (Wildman–Crippen MR) is 148 cm³/mol. The molecule has 0 bridgehead atoms. The molecule has 3 unspecified atom stereocenters. The van der Waals surface area contributed by atoms with Gasteiger partial charge in [-0.3, -0.25) is 29.1 Å².